The van der Waals surface area contributed by atoms with E-state index in [0.717, 1.165) is 18.4 Å². The Balaban J connectivity index is 1.81. The van der Waals surface area contributed by atoms with Gasteiger partial charge in [0.05, 0.1) is 0 Å². The van der Waals surface area contributed by atoms with Gasteiger partial charge in [0.2, 0.25) is 0 Å². The van der Waals surface area contributed by atoms with Gasteiger partial charge in [-0.25, -0.2) is 4.39 Å². The fourth-order valence-electron chi connectivity index (χ4n) is 2.21. The molecule has 0 atom stereocenters. The lowest BCUT2D eigenvalue weighted by Crippen LogP contribution is -2.33. The molecule has 0 bridgehead atoms. The molecule has 1 fully saturated rings. The lowest BCUT2D eigenvalue weighted by molar-refractivity contribution is 0.0724. The van der Waals surface area contributed by atoms with Gasteiger partial charge in [-0.3, -0.25) is 9.78 Å². The summed E-state index contributed by atoms with van der Waals surface area (Å²) in [6.45, 7) is 0.456. The highest BCUT2D eigenvalue weighted by atomic mass is 35.5. The van der Waals surface area contributed by atoms with Crippen molar-refractivity contribution in [2.75, 3.05) is 0 Å². The van der Waals surface area contributed by atoms with Crippen LogP contribution >= 0.6 is 11.6 Å². The molecule has 1 saturated carbocycles. The van der Waals surface area contributed by atoms with Gasteiger partial charge < -0.3 is 4.90 Å². The topological polar surface area (TPSA) is 33.2 Å². The van der Waals surface area contributed by atoms with Crippen LogP contribution in [0.3, 0.4) is 0 Å². The van der Waals surface area contributed by atoms with Gasteiger partial charge in [0.25, 0.3) is 5.91 Å². The minimum absolute atomic E-state index is 0.135. The molecule has 0 saturated heterocycles. The molecule has 0 aliphatic heterocycles. The number of pyridine rings is 1. The van der Waals surface area contributed by atoms with Gasteiger partial charge in [-0.2, -0.15) is 0 Å². The number of hydrogen-bond acceptors (Lipinski definition) is 2. The molecule has 1 aromatic heterocycles. The third-order valence-corrected chi connectivity index (χ3v) is 3.69. The van der Waals surface area contributed by atoms with E-state index in [2.05, 4.69) is 4.98 Å². The molecule has 3 rings (SSSR count). The molecule has 3 nitrogen and oxygen atoms in total. The molecule has 2 aromatic rings. The van der Waals surface area contributed by atoms with Crippen molar-refractivity contribution >= 4 is 17.5 Å². The van der Waals surface area contributed by atoms with Crippen LogP contribution in [-0.4, -0.2) is 21.8 Å². The van der Waals surface area contributed by atoms with Crippen LogP contribution in [0.5, 0.6) is 0 Å². The number of hydrogen-bond donors (Lipinski definition) is 0. The van der Waals surface area contributed by atoms with Crippen LogP contribution in [0, 0.1) is 5.82 Å². The van der Waals surface area contributed by atoms with E-state index < -0.39 is 0 Å². The van der Waals surface area contributed by atoms with E-state index in [-0.39, 0.29) is 17.8 Å². The van der Waals surface area contributed by atoms with E-state index in [9.17, 15) is 9.18 Å². The van der Waals surface area contributed by atoms with Crippen LogP contribution in [0.2, 0.25) is 5.02 Å². The van der Waals surface area contributed by atoms with E-state index in [0.29, 0.717) is 17.3 Å². The van der Waals surface area contributed by atoms with Crippen molar-refractivity contribution in [3.63, 3.8) is 0 Å². The van der Waals surface area contributed by atoms with Gasteiger partial charge in [-0.05, 0) is 42.7 Å². The fourth-order valence-corrected chi connectivity index (χ4v) is 2.37. The molecule has 0 radical (unpaired) electrons. The second kappa shape index (κ2) is 5.82. The van der Waals surface area contributed by atoms with Crippen LogP contribution in [0.15, 0.2) is 42.6 Å². The Labute approximate surface area is 127 Å². The quantitative estimate of drug-likeness (QED) is 0.863. The molecule has 0 unspecified atom stereocenters. The Morgan fingerprint density at radius 2 is 2.00 bits per heavy atom. The fraction of sp³-hybridized carbons (Fsp3) is 0.250. The number of halogens is 2. The lowest BCUT2D eigenvalue weighted by Gasteiger charge is -2.22. The Hall–Kier alpha value is -1.94. The summed E-state index contributed by atoms with van der Waals surface area (Å²) in [5.41, 5.74) is 1.25. The zero-order valence-corrected chi connectivity index (χ0v) is 12.1. The van der Waals surface area contributed by atoms with Crippen molar-refractivity contribution in [3.05, 3.63) is 64.7 Å². The van der Waals surface area contributed by atoms with Gasteiger partial charge >= 0.3 is 0 Å². The normalized spacial score (nSPS) is 14.0. The summed E-state index contributed by atoms with van der Waals surface area (Å²) < 4.78 is 13.0. The summed E-state index contributed by atoms with van der Waals surface area (Å²) in [6.07, 6.45) is 3.51. The Morgan fingerprint density at radius 3 is 2.62 bits per heavy atom. The third-order valence-electron chi connectivity index (χ3n) is 3.46. The van der Waals surface area contributed by atoms with E-state index in [1.165, 1.54) is 18.3 Å². The molecule has 1 heterocycles. The molecule has 0 spiro atoms. The number of rotatable bonds is 4. The molecule has 1 aromatic carbocycles. The first kappa shape index (κ1) is 14.0. The van der Waals surface area contributed by atoms with Crippen LogP contribution in [0.4, 0.5) is 4.39 Å². The van der Waals surface area contributed by atoms with E-state index in [1.54, 1.807) is 29.2 Å². The first-order chi connectivity index (χ1) is 10.1. The second-order valence-corrected chi connectivity index (χ2v) is 5.59. The minimum Gasteiger partial charge on any atom is -0.330 e. The summed E-state index contributed by atoms with van der Waals surface area (Å²) >= 11 is 5.91. The Kier molecular flexibility index (Phi) is 3.88. The summed E-state index contributed by atoms with van der Waals surface area (Å²) in [5, 5.41) is 0.492. The maximum atomic E-state index is 13.0. The molecular weight excluding hydrogens is 291 g/mol. The molecule has 5 heteroatoms. The van der Waals surface area contributed by atoms with E-state index >= 15 is 0 Å². The number of benzene rings is 1. The maximum absolute atomic E-state index is 13.0. The average Bonchev–Trinajstić information content (AvgIpc) is 3.30. The number of carbonyl (C=O) groups is 1. The predicted octanol–water partition coefficient (Wildman–Crippen LogP) is 3.68. The first-order valence-electron chi connectivity index (χ1n) is 6.80. The number of aromatic nitrogens is 1. The highest BCUT2D eigenvalue weighted by Gasteiger charge is 2.33. The maximum Gasteiger partial charge on any atom is 0.273 e. The average molecular weight is 305 g/mol. The Morgan fingerprint density at radius 1 is 1.29 bits per heavy atom. The van der Waals surface area contributed by atoms with Gasteiger partial charge in [-0.15, -0.1) is 0 Å². The van der Waals surface area contributed by atoms with Gasteiger partial charge in [0, 0.05) is 23.8 Å². The molecule has 1 aliphatic rings. The molecule has 108 valence electrons. The molecule has 1 amide bonds. The number of nitrogens with zero attached hydrogens (tertiary/aromatic N) is 2. The number of carbonyl (C=O) groups excluding carboxylic acids is 1. The molecule has 1 aliphatic carbocycles. The van der Waals surface area contributed by atoms with Crippen molar-refractivity contribution in [3.8, 4) is 0 Å². The van der Waals surface area contributed by atoms with Crippen molar-refractivity contribution in [2.45, 2.75) is 25.4 Å². The van der Waals surface area contributed by atoms with Gasteiger partial charge in [0.15, 0.2) is 0 Å². The largest absolute Gasteiger partial charge is 0.330 e. The van der Waals surface area contributed by atoms with Crippen molar-refractivity contribution in [1.29, 1.82) is 0 Å². The zero-order chi connectivity index (χ0) is 14.8. The highest BCUT2D eigenvalue weighted by Crippen LogP contribution is 2.29. The minimum atomic E-state index is -0.278. The van der Waals surface area contributed by atoms with Crippen LogP contribution in [-0.2, 0) is 6.54 Å². The summed E-state index contributed by atoms with van der Waals surface area (Å²) in [7, 11) is 0. The van der Waals surface area contributed by atoms with E-state index in [1.807, 2.05) is 0 Å². The Bertz CT molecular complexity index is 656. The monoisotopic (exact) mass is 304 g/mol. The third kappa shape index (κ3) is 3.39. The zero-order valence-electron chi connectivity index (χ0n) is 11.3. The van der Waals surface area contributed by atoms with Crippen molar-refractivity contribution < 1.29 is 9.18 Å². The van der Waals surface area contributed by atoms with Crippen LogP contribution < -0.4 is 0 Å². The van der Waals surface area contributed by atoms with Crippen molar-refractivity contribution in [1.82, 2.24) is 9.88 Å². The number of amides is 1. The lowest BCUT2D eigenvalue weighted by atomic mass is 10.2. The molecule has 0 N–H and O–H groups in total. The predicted molar refractivity (Wildman–Crippen MR) is 78.5 cm³/mol. The first-order valence-corrected chi connectivity index (χ1v) is 7.18. The van der Waals surface area contributed by atoms with Gasteiger partial charge in [0.1, 0.15) is 11.5 Å². The van der Waals surface area contributed by atoms with Crippen LogP contribution in [0.1, 0.15) is 28.9 Å². The standard InChI is InChI=1S/C16H14ClFN2O/c17-12-7-8-19-15(9-12)16(21)20(14-5-6-14)10-11-1-3-13(18)4-2-11/h1-4,7-9,14H,5-6,10H2. The smallest absolute Gasteiger partial charge is 0.273 e. The molecular formula is C16H14ClFN2O. The van der Waals surface area contributed by atoms with E-state index in [4.69, 9.17) is 11.6 Å². The summed E-state index contributed by atoms with van der Waals surface area (Å²) in [6, 6.07) is 9.66. The highest BCUT2D eigenvalue weighted by molar-refractivity contribution is 6.30. The second-order valence-electron chi connectivity index (χ2n) is 5.15. The van der Waals surface area contributed by atoms with Crippen LogP contribution in [0.25, 0.3) is 0 Å². The molecule has 21 heavy (non-hydrogen) atoms. The summed E-state index contributed by atoms with van der Waals surface area (Å²) in [4.78, 5) is 18.5. The van der Waals surface area contributed by atoms with Crippen molar-refractivity contribution in [2.24, 2.45) is 0 Å². The summed E-state index contributed by atoms with van der Waals surface area (Å²) in [5.74, 6) is -0.413. The van der Waals surface area contributed by atoms with Gasteiger partial charge in [-0.1, -0.05) is 23.7 Å². The SMILES string of the molecule is O=C(c1cc(Cl)ccn1)N(Cc1ccc(F)cc1)C1CC1.